The van der Waals surface area contributed by atoms with Crippen LogP contribution in [-0.4, -0.2) is 29.6 Å². The van der Waals surface area contributed by atoms with Crippen LogP contribution in [0.5, 0.6) is 0 Å². The number of hydrogen-bond acceptors (Lipinski definition) is 3. The maximum absolute atomic E-state index is 12.8. The van der Waals surface area contributed by atoms with Crippen molar-refractivity contribution in [3.05, 3.63) is 29.3 Å². The number of benzene rings is 1. The quantitative estimate of drug-likeness (QED) is 0.717. The van der Waals surface area contributed by atoms with Crippen LogP contribution in [0.3, 0.4) is 0 Å². The first-order chi connectivity index (χ1) is 11.0. The zero-order valence-corrected chi connectivity index (χ0v) is 13.7. The van der Waals surface area contributed by atoms with Gasteiger partial charge in [0.05, 0.1) is 11.7 Å². The number of amides is 2. The maximum atomic E-state index is 12.8. The van der Waals surface area contributed by atoms with Gasteiger partial charge in [0.25, 0.3) is 0 Å². The molecule has 5 nitrogen and oxygen atoms in total. The summed E-state index contributed by atoms with van der Waals surface area (Å²) in [6, 6.07) is 3.29. The minimum atomic E-state index is -4.54. The third kappa shape index (κ3) is 5.84. The molecule has 0 bridgehead atoms. The number of aliphatic hydroxyl groups is 1. The second-order valence-electron chi connectivity index (χ2n) is 5.84. The predicted octanol–water partition coefficient (Wildman–Crippen LogP) is 2.48. The summed E-state index contributed by atoms with van der Waals surface area (Å²) < 4.78 is 38.4. The highest BCUT2D eigenvalue weighted by atomic mass is 19.4. The Bertz CT molecular complexity index is 601. The highest BCUT2D eigenvalue weighted by molar-refractivity contribution is 6.39. The van der Waals surface area contributed by atoms with Crippen LogP contribution in [0.15, 0.2) is 18.2 Å². The van der Waals surface area contributed by atoms with Crippen LogP contribution in [0.1, 0.15) is 31.4 Å². The van der Waals surface area contributed by atoms with E-state index in [1.165, 1.54) is 19.1 Å². The highest BCUT2D eigenvalue weighted by Gasteiger charge is 2.32. The standard InChI is InChI=1S/C16H21F3N2O3/c1-9(2)13(22)6-7-20-14(23)15(24)21-11-5-4-10(3)12(8-11)16(17,18)19/h4-5,8-9,13,22H,6-7H2,1-3H3,(H,20,23)(H,21,24). The molecule has 0 radical (unpaired) electrons. The molecule has 24 heavy (non-hydrogen) atoms. The Morgan fingerprint density at radius 3 is 2.38 bits per heavy atom. The first-order valence-corrected chi connectivity index (χ1v) is 7.47. The normalized spacial score (nSPS) is 12.8. The monoisotopic (exact) mass is 346 g/mol. The number of hydrogen-bond donors (Lipinski definition) is 3. The van der Waals surface area contributed by atoms with Gasteiger partial charge in [-0.05, 0) is 37.0 Å². The van der Waals surface area contributed by atoms with Gasteiger partial charge in [-0.25, -0.2) is 0 Å². The number of rotatable bonds is 5. The van der Waals surface area contributed by atoms with Crippen LogP contribution in [0.4, 0.5) is 18.9 Å². The summed E-state index contributed by atoms with van der Waals surface area (Å²) in [5.74, 6) is -2.02. The van der Waals surface area contributed by atoms with E-state index in [-0.39, 0.29) is 30.1 Å². The van der Waals surface area contributed by atoms with Gasteiger partial charge in [0.15, 0.2) is 0 Å². The highest BCUT2D eigenvalue weighted by Crippen LogP contribution is 2.33. The lowest BCUT2D eigenvalue weighted by Crippen LogP contribution is -2.37. The van der Waals surface area contributed by atoms with Crippen LogP contribution in [-0.2, 0) is 15.8 Å². The van der Waals surface area contributed by atoms with Crippen LogP contribution in [0.25, 0.3) is 0 Å². The number of carbonyl (C=O) groups is 2. The van der Waals surface area contributed by atoms with Crippen molar-refractivity contribution >= 4 is 17.5 Å². The number of anilines is 1. The summed E-state index contributed by atoms with van der Waals surface area (Å²) in [6.45, 7) is 5.03. The Kier molecular flexibility index (Phi) is 6.77. The van der Waals surface area contributed by atoms with Crippen LogP contribution in [0, 0.1) is 12.8 Å². The fourth-order valence-electron chi connectivity index (χ4n) is 1.94. The molecule has 8 heteroatoms. The number of nitrogens with one attached hydrogen (secondary N) is 2. The zero-order valence-electron chi connectivity index (χ0n) is 13.7. The number of aryl methyl sites for hydroxylation is 1. The Labute approximate surface area is 138 Å². The molecule has 0 saturated heterocycles. The fraction of sp³-hybridized carbons (Fsp3) is 0.500. The molecular weight excluding hydrogens is 325 g/mol. The van der Waals surface area contributed by atoms with Crippen LogP contribution < -0.4 is 10.6 Å². The molecular formula is C16H21F3N2O3. The van der Waals surface area contributed by atoms with Gasteiger partial charge >= 0.3 is 18.0 Å². The molecule has 1 atom stereocenters. The summed E-state index contributed by atoms with van der Waals surface area (Å²) in [5.41, 5.74) is -0.969. The molecule has 0 aliphatic heterocycles. The van der Waals surface area contributed by atoms with E-state index in [9.17, 15) is 27.9 Å². The van der Waals surface area contributed by atoms with Crippen molar-refractivity contribution in [3.8, 4) is 0 Å². The van der Waals surface area contributed by atoms with Gasteiger partial charge in [-0.3, -0.25) is 9.59 Å². The van der Waals surface area contributed by atoms with Crippen molar-refractivity contribution in [2.75, 3.05) is 11.9 Å². The molecule has 0 saturated carbocycles. The van der Waals surface area contributed by atoms with Crippen LogP contribution >= 0.6 is 0 Å². The lowest BCUT2D eigenvalue weighted by Gasteiger charge is -2.15. The summed E-state index contributed by atoms with van der Waals surface area (Å²) >= 11 is 0. The number of alkyl halides is 3. The van der Waals surface area contributed by atoms with Gasteiger partial charge in [0, 0.05) is 12.2 Å². The van der Waals surface area contributed by atoms with Crippen LogP contribution in [0.2, 0.25) is 0 Å². The average Bonchev–Trinajstić information content (AvgIpc) is 2.47. The van der Waals surface area contributed by atoms with Crippen molar-refractivity contribution in [2.24, 2.45) is 5.92 Å². The average molecular weight is 346 g/mol. The molecule has 0 aliphatic carbocycles. The summed E-state index contributed by atoms with van der Waals surface area (Å²) in [5, 5.41) is 14.0. The molecule has 1 aromatic carbocycles. The summed E-state index contributed by atoms with van der Waals surface area (Å²) in [4.78, 5) is 23.3. The Balaban J connectivity index is 2.63. The largest absolute Gasteiger partial charge is 0.416 e. The zero-order chi connectivity index (χ0) is 18.5. The fourth-order valence-corrected chi connectivity index (χ4v) is 1.94. The first-order valence-electron chi connectivity index (χ1n) is 7.47. The van der Waals surface area contributed by atoms with E-state index in [0.29, 0.717) is 0 Å². The molecule has 3 N–H and O–H groups in total. The molecule has 2 amide bonds. The van der Waals surface area contributed by atoms with Gasteiger partial charge in [0.2, 0.25) is 0 Å². The number of aliphatic hydroxyl groups excluding tert-OH is 1. The molecule has 134 valence electrons. The second-order valence-corrected chi connectivity index (χ2v) is 5.84. The predicted molar refractivity (Wildman–Crippen MR) is 83.3 cm³/mol. The SMILES string of the molecule is Cc1ccc(NC(=O)C(=O)NCCC(O)C(C)C)cc1C(F)(F)F. The minimum Gasteiger partial charge on any atom is -0.393 e. The minimum absolute atomic E-state index is 0.0177. The van der Waals surface area contributed by atoms with Gasteiger partial charge in [-0.2, -0.15) is 13.2 Å². The molecule has 1 aromatic rings. The summed E-state index contributed by atoms with van der Waals surface area (Å²) in [7, 11) is 0. The number of halogens is 3. The number of carbonyl (C=O) groups excluding carboxylic acids is 2. The van der Waals surface area contributed by atoms with E-state index >= 15 is 0 Å². The lowest BCUT2D eigenvalue weighted by molar-refractivity contribution is -0.138. The van der Waals surface area contributed by atoms with Gasteiger partial charge in [-0.1, -0.05) is 19.9 Å². The van der Waals surface area contributed by atoms with Crippen molar-refractivity contribution in [1.29, 1.82) is 0 Å². The van der Waals surface area contributed by atoms with E-state index in [4.69, 9.17) is 0 Å². The van der Waals surface area contributed by atoms with E-state index in [1.807, 2.05) is 13.8 Å². The second kappa shape index (κ2) is 8.14. The van der Waals surface area contributed by atoms with Gasteiger partial charge < -0.3 is 15.7 Å². The molecule has 0 fully saturated rings. The third-order valence-corrected chi connectivity index (χ3v) is 3.50. The molecule has 0 aromatic heterocycles. The summed E-state index contributed by atoms with van der Waals surface area (Å²) in [6.07, 6.45) is -4.88. The van der Waals surface area contributed by atoms with E-state index < -0.39 is 29.7 Å². The molecule has 0 heterocycles. The van der Waals surface area contributed by atoms with E-state index in [1.54, 1.807) is 0 Å². The van der Waals surface area contributed by atoms with E-state index in [2.05, 4.69) is 10.6 Å². The van der Waals surface area contributed by atoms with Crippen molar-refractivity contribution < 1.29 is 27.9 Å². The van der Waals surface area contributed by atoms with Crippen molar-refractivity contribution in [3.63, 3.8) is 0 Å². The van der Waals surface area contributed by atoms with Crippen molar-refractivity contribution in [2.45, 2.75) is 39.5 Å². The van der Waals surface area contributed by atoms with Gasteiger partial charge in [0.1, 0.15) is 0 Å². The smallest absolute Gasteiger partial charge is 0.393 e. The third-order valence-electron chi connectivity index (χ3n) is 3.50. The molecule has 1 unspecified atom stereocenters. The maximum Gasteiger partial charge on any atom is 0.416 e. The van der Waals surface area contributed by atoms with Crippen molar-refractivity contribution in [1.82, 2.24) is 5.32 Å². The molecule has 0 spiro atoms. The topological polar surface area (TPSA) is 78.4 Å². The lowest BCUT2D eigenvalue weighted by atomic mass is 10.0. The molecule has 1 rings (SSSR count). The Morgan fingerprint density at radius 1 is 1.21 bits per heavy atom. The van der Waals surface area contributed by atoms with Gasteiger partial charge in [-0.15, -0.1) is 0 Å². The Morgan fingerprint density at radius 2 is 1.83 bits per heavy atom. The first kappa shape index (κ1) is 20.0. The Hall–Kier alpha value is -2.09. The molecule has 0 aliphatic rings. The van der Waals surface area contributed by atoms with E-state index in [0.717, 1.165) is 6.07 Å².